The zero-order valence-corrected chi connectivity index (χ0v) is 12.4. The summed E-state index contributed by atoms with van der Waals surface area (Å²) in [4.78, 5) is 44.2. The summed E-state index contributed by atoms with van der Waals surface area (Å²) < 4.78 is 4.87. The molecule has 0 bridgehead atoms. The van der Waals surface area contributed by atoms with E-state index in [1.54, 1.807) is 0 Å². The number of carbonyl (C=O) groups excluding carboxylic acids is 3. The van der Waals surface area contributed by atoms with Crippen LogP contribution in [0.15, 0.2) is 24.3 Å². The molecule has 0 aliphatic rings. The van der Waals surface area contributed by atoms with Gasteiger partial charge in [-0.25, -0.2) is 9.59 Å². The zero-order chi connectivity index (χ0) is 17.6. The number of urea groups is 1. The normalized spacial score (nSPS) is 12.6. The van der Waals surface area contributed by atoms with Gasteiger partial charge in [0, 0.05) is 17.8 Å². The number of nitrogens with one attached hydrogen (secondary N) is 2. The average Bonchev–Trinajstić information content (AvgIpc) is 2.46. The van der Waals surface area contributed by atoms with Crippen molar-refractivity contribution in [3.05, 3.63) is 34.4 Å². The van der Waals surface area contributed by atoms with E-state index >= 15 is 0 Å². The molecule has 0 aromatic heterocycles. The summed E-state index contributed by atoms with van der Waals surface area (Å²) in [5.74, 6) is -1.52. The first-order valence-electron chi connectivity index (χ1n) is 6.52. The fraction of sp³-hybridized carbons (Fsp3) is 0.308. The van der Waals surface area contributed by atoms with E-state index in [-0.39, 0.29) is 11.4 Å². The quantitative estimate of drug-likeness (QED) is 0.394. The van der Waals surface area contributed by atoms with Gasteiger partial charge in [-0.15, -0.1) is 0 Å². The maximum atomic E-state index is 11.9. The minimum Gasteiger partial charge on any atom is -0.451 e. The lowest BCUT2D eigenvalue weighted by Gasteiger charge is -2.16. The molecular weight excluding hydrogens is 308 g/mol. The third-order valence-electron chi connectivity index (χ3n) is 2.70. The van der Waals surface area contributed by atoms with Crippen LogP contribution in [-0.2, 0) is 14.3 Å². The Hall–Kier alpha value is -3.17. The third-order valence-corrected chi connectivity index (χ3v) is 2.70. The molecule has 0 aliphatic heterocycles. The summed E-state index contributed by atoms with van der Waals surface area (Å²) in [6.45, 7) is 2.67. The highest BCUT2D eigenvalue weighted by atomic mass is 16.6. The van der Waals surface area contributed by atoms with Gasteiger partial charge in [0.1, 0.15) is 6.04 Å². The number of primary amides is 1. The molecule has 0 aliphatic carbocycles. The molecule has 3 amide bonds. The molecule has 1 rings (SSSR count). The molecular formula is C13H16N4O6. The summed E-state index contributed by atoms with van der Waals surface area (Å²) in [6, 6.07) is 3.39. The van der Waals surface area contributed by atoms with Gasteiger partial charge in [-0.1, -0.05) is 6.07 Å². The number of ether oxygens (including phenoxy) is 1. The van der Waals surface area contributed by atoms with Crippen LogP contribution in [0.4, 0.5) is 16.2 Å². The second kappa shape index (κ2) is 7.73. The molecule has 4 N–H and O–H groups in total. The van der Waals surface area contributed by atoms with Crippen molar-refractivity contribution in [2.24, 2.45) is 5.73 Å². The van der Waals surface area contributed by atoms with Crippen molar-refractivity contribution in [2.45, 2.75) is 26.0 Å². The monoisotopic (exact) mass is 324 g/mol. The van der Waals surface area contributed by atoms with E-state index in [1.165, 1.54) is 38.1 Å². The molecule has 23 heavy (non-hydrogen) atoms. The van der Waals surface area contributed by atoms with E-state index in [0.717, 1.165) is 0 Å². The Morgan fingerprint density at radius 1 is 1.30 bits per heavy atom. The maximum Gasteiger partial charge on any atom is 0.329 e. The largest absolute Gasteiger partial charge is 0.451 e. The number of carbonyl (C=O) groups is 3. The van der Waals surface area contributed by atoms with Crippen LogP contribution in [-0.4, -0.2) is 35.0 Å². The number of rotatable bonds is 6. The first kappa shape index (κ1) is 17.9. The second-order valence-corrected chi connectivity index (χ2v) is 4.61. The summed E-state index contributed by atoms with van der Waals surface area (Å²) in [5, 5.41) is 15.2. The number of non-ortho nitro benzene ring substituents is 1. The smallest absolute Gasteiger partial charge is 0.329 e. The highest BCUT2D eigenvalue weighted by Crippen LogP contribution is 2.17. The van der Waals surface area contributed by atoms with Gasteiger partial charge in [-0.3, -0.25) is 14.9 Å². The lowest BCUT2D eigenvalue weighted by atomic mass is 10.2. The molecule has 0 saturated heterocycles. The molecule has 0 spiro atoms. The number of hydrogen-bond donors (Lipinski definition) is 3. The second-order valence-electron chi connectivity index (χ2n) is 4.61. The van der Waals surface area contributed by atoms with Gasteiger partial charge in [-0.2, -0.15) is 0 Å². The van der Waals surface area contributed by atoms with Crippen LogP contribution in [0, 0.1) is 10.1 Å². The Morgan fingerprint density at radius 2 is 1.96 bits per heavy atom. The van der Waals surface area contributed by atoms with Crippen LogP contribution >= 0.6 is 0 Å². The van der Waals surface area contributed by atoms with Crippen molar-refractivity contribution in [2.75, 3.05) is 5.32 Å². The van der Waals surface area contributed by atoms with Gasteiger partial charge in [0.15, 0.2) is 6.10 Å². The van der Waals surface area contributed by atoms with Gasteiger partial charge in [0.2, 0.25) is 0 Å². The van der Waals surface area contributed by atoms with Crippen LogP contribution < -0.4 is 16.4 Å². The minimum absolute atomic E-state index is 0.188. The van der Waals surface area contributed by atoms with Crippen LogP contribution in [0.2, 0.25) is 0 Å². The molecule has 2 atom stereocenters. The molecule has 1 aromatic carbocycles. The van der Waals surface area contributed by atoms with E-state index in [2.05, 4.69) is 10.6 Å². The number of benzene rings is 1. The van der Waals surface area contributed by atoms with Gasteiger partial charge >= 0.3 is 12.0 Å². The van der Waals surface area contributed by atoms with Gasteiger partial charge in [0.05, 0.1) is 4.92 Å². The lowest BCUT2D eigenvalue weighted by molar-refractivity contribution is -0.384. The number of hydrogen-bond acceptors (Lipinski definition) is 6. The fourth-order valence-electron chi connectivity index (χ4n) is 1.54. The molecule has 10 heteroatoms. The van der Waals surface area contributed by atoms with E-state index in [0.29, 0.717) is 0 Å². The third kappa shape index (κ3) is 5.61. The van der Waals surface area contributed by atoms with Crippen LogP contribution in [0.25, 0.3) is 0 Å². The fourth-order valence-corrected chi connectivity index (χ4v) is 1.54. The van der Waals surface area contributed by atoms with Crippen molar-refractivity contribution in [3.63, 3.8) is 0 Å². The minimum atomic E-state index is -1.17. The number of anilines is 1. The Morgan fingerprint density at radius 3 is 2.52 bits per heavy atom. The van der Waals surface area contributed by atoms with Crippen molar-refractivity contribution < 1.29 is 24.0 Å². The molecule has 0 saturated carbocycles. The Labute approximate surface area is 131 Å². The SMILES string of the molecule is CC(OC(=O)[C@@H](C)NC(N)=O)C(=O)Nc1cccc([N+](=O)[O-])c1. The van der Waals surface area contributed by atoms with E-state index < -0.39 is 35.0 Å². The van der Waals surface area contributed by atoms with Crippen LogP contribution in [0.5, 0.6) is 0 Å². The number of nitro groups is 1. The average molecular weight is 324 g/mol. The first-order chi connectivity index (χ1) is 10.7. The number of nitrogens with zero attached hydrogens (tertiary/aromatic N) is 1. The van der Waals surface area contributed by atoms with Crippen molar-refractivity contribution >= 4 is 29.3 Å². The molecule has 1 unspecified atom stereocenters. The molecule has 0 fully saturated rings. The summed E-state index contributed by atoms with van der Waals surface area (Å²) >= 11 is 0. The Kier molecular flexibility index (Phi) is 6.01. The highest BCUT2D eigenvalue weighted by molar-refractivity contribution is 5.95. The zero-order valence-electron chi connectivity index (χ0n) is 12.4. The predicted molar refractivity (Wildman–Crippen MR) is 79.5 cm³/mol. The molecule has 10 nitrogen and oxygen atoms in total. The molecule has 124 valence electrons. The first-order valence-corrected chi connectivity index (χ1v) is 6.52. The highest BCUT2D eigenvalue weighted by Gasteiger charge is 2.23. The summed E-state index contributed by atoms with van der Waals surface area (Å²) in [6.07, 6.45) is -1.17. The number of nitro benzene ring substituents is 1. The van der Waals surface area contributed by atoms with E-state index in [1.807, 2.05) is 0 Å². The summed E-state index contributed by atoms with van der Waals surface area (Å²) in [5.41, 5.74) is 4.87. The topological polar surface area (TPSA) is 154 Å². The van der Waals surface area contributed by atoms with Crippen molar-refractivity contribution in [1.29, 1.82) is 0 Å². The maximum absolute atomic E-state index is 11.9. The van der Waals surface area contributed by atoms with Crippen molar-refractivity contribution in [1.82, 2.24) is 5.32 Å². The molecule has 1 aromatic rings. The van der Waals surface area contributed by atoms with Gasteiger partial charge < -0.3 is 21.1 Å². The summed E-state index contributed by atoms with van der Waals surface area (Å²) in [7, 11) is 0. The number of esters is 1. The molecule has 0 radical (unpaired) electrons. The van der Waals surface area contributed by atoms with E-state index in [4.69, 9.17) is 10.5 Å². The predicted octanol–water partition coefficient (Wildman–Crippen LogP) is 0.522. The van der Waals surface area contributed by atoms with Crippen molar-refractivity contribution in [3.8, 4) is 0 Å². The number of nitrogens with two attached hydrogens (primary N) is 1. The molecule has 0 heterocycles. The number of amides is 3. The lowest BCUT2D eigenvalue weighted by Crippen LogP contribution is -2.44. The van der Waals surface area contributed by atoms with Crippen LogP contribution in [0.1, 0.15) is 13.8 Å². The van der Waals surface area contributed by atoms with Crippen LogP contribution in [0.3, 0.4) is 0 Å². The van der Waals surface area contributed by atoms with E-state index in [9.17, 15) is 24.5 Å². The van der Waals surface area contributed by atoms with Gasteiger partial charge in [-0.05, 0) is 19.9 Å². The van der Waals surface area contributed by atoms with Gasteiger partial charge in [0.25, 0.3) is 11.6 Å². The standard InChI is InChI=1S/C13H16N4O6/c1-7(15-13(14)20)12(19)23-8(2)11(18)16-9-4-3-5-10(6-9)17(21)22/h3-8H,1-2H3,(H,16,18)(H3,14,15,20)/t7-,8?/m1/s1. The Balaban J connectivity index is 2.63. The Bertz CT molecular complexity index is 633.